The van der Waals surface area contributed by atoms with E-state index < -0.39 is 4.92 Å². The summed E-state index contributed by atoms with van der Waals surface area (Å²) in [6, 6.07) is 0. The van der Waals surface area contributed by atoms with Gasteiger partial charge in [0.15, 0.2) is 0 Å². The van der Waals surface area contributed by atoms with Crippen LogP contribution >= 0.6 is 0 Å². The molecule has 1 aliphatic rings. The highest BCUT2D eigenvalue weighted by Crippen LogP contribution is 2.26. The molecule has 0 aromatic carbocycles. The SMILES string of the molecule is O=[N+]([O-])/C(CC1CCCCC1)=N/O. The molecule has 74 valence electrons. The highest BCUT2D eigenvalue weighted by molar-refractivity contribution is 5.73. The Morgan fingerprint density at radius 1 is 1.46 bits per heavy atom. The van der Waals surface area contributed by atoms with Gasteiger partial charge >= 0.3 is 5.84 Å². The third-order valence-corrected chi connectivity index (χ3v) is 2.52. The van der Waals surface area contributed by atoms with Gasteiger partial charge in [0.1, 0.15) is 5.16 Å². The van der Waals surface area contributed by atoms with Crippen LogP contribution in [0.2, 0.25) is 0 Å². The summed E-state index contributed by atoms with van der Waals surface area (Å²) in [5, 5.41) is 21.4. The number of rotatable bonds is 2. The molecule has 0 amide bonds. The van der Waals surface area contributed by atoms with E-state index in [1.165, 1.54) is 6.42 Å². The van der Waals surface area contributed by atoms with Gasteiger partial charge < -0.3 is 15.3 Å². The number of hydrogen-bond acceptors (Lipinski definition) is 4. The maximum absolute atomic E-state index is 10.3. The summed E-state index contributed by atoms with van der Waals surface area (Å²) >= 11 is 0. The third kappa shape index (κ3) is 3.01. The molecule has 1 saturated carbocycles. The van der Waals surface area contributed by atoms with Crippen molar-refractivity contribution in [1.82, 2.24) is 0 Å². The highest BCUT2D eigenvalue weighted by atomic mass is 16.6. The minimum Gasteiger partial charge on any atom is -0.358 e. The minimum atomic E-state index is -0.603. The summed E-state index contributed by atoms with van der Waals surface area (Å²) < 4.78 is 0. The zero-order valence-electron chi connectivity index (χ0n) is 7.48. The number of amidine groups is 1. The molecule has 0 aromatic rings. The van der Waals surface area contributed by atoms with E-state index in [1.54, 1.807) is 0 Å². The van der Waals surface area contributed by atoms with Gasteiger partial charge in [0.25, 0.3) is 0 Å². The standard InChI is InChI=1S/C8H14N2O3/c11-9-8(10(12)13)6-7-4-2-1-3-5-7/h7,11H,1-6H2/b9-8+. The molecule has 1 rings (SSSR count). The maximum atomic E-state index is 10.3. The van der Waals surface area contributed by atoms with E-state index in [0.29, 0.717) is 12.3 Å². The lowest BCUT2D eigenvalue weighted by atomic mass is 9.87. The molecule has 0 aliphatic heterocycles. The average Bonchev–Trinajstić information content (AvgIpc) is 2.15. The second-order valence-corrected chi connectivity index (χ2v) is 3.48. The van der Waals surface area contributed by atoms with Crippen molar-refractivity contribution in [3.8, 4) is 0 Å². The molecule has 1 N–H and O–H groups in total. The first-order chi connectivity index (χ1) is 6.24. The molecule has 13 heavy (non-hydrogen) atoms. The number of nitro groups is 1. The molecule has 0 radical (unpaired) electrons. The smallest absolute Gasteiger partial charge is 0.358 e. The van der Waals surface area contributed by atoms with Gasteiger partial charge in [-0.25, -0.2) is 0 Å². The van der Waals surface area contributed by atoms with Crippen LogP contribution in [0, 0.1) is 16.0 Å². The van der Waals surface area contributed by atoms with Crippen molar-refractivity contribution >= 4 is 5.84 Å². The van der Waals surface area contributed by atoms with Crippen LogP contribution in [0.5, 0.6) is 0 Å². The van der Waals surface area contributed by atoms with Gasteiger partial charge in [0.05, 0.1) is 6.42 Å². The van der Waals surface area contributed by atoms with E-state index in [-0.39, 0.29) is 5.84 Å². The monoisotopic (exact) mass is 186 g/mol. The molecule has 0 spiro atoms. The highest BCUT2D eigenvalue weighted by Gasteiger charge is 2.22. The molecule has 0 unspecified atom stereocenters. The predicted octanol–water partition coefficient (Wildman–Crippen LogP) is 2.02. The minimum absolute atomic E-state index is 0.299. The molecule has 5 nitrogen and oxygen atoms in total. The van der Waals surface area contributed by atoms with Crippen molar-refractivity contribution in [2.75, 3.05) is 0 Å². The van der Waals surface area contributed by atoms with Crippen molar-refractivity contribution in [2.45, 2.75) is 38.5 Å². The summed E-state index contributed by atoms with van der Waals surface area (Å²) in [6.07, 6.45) is 5.85. The lowest BCUT2D eigenvalue weighted by molar-refractivity contribution is -0.356. The van der Waals surface area contributed by atoms with Gasteiger partial charge in [-0.15, -0.1) is 0 Å². The van der Waals surface area contributed by atoms with Crippen molar-refractivity contribution in [3.63, 3.8) is 0 Å². The largest absolute Gasteiger partial charge is 0.385 e. The Bertz CT molecular complexity index is 209. The number of hydrogen-bond donors (Lipinski definition) is 1. The molecule has 1 aliphatic carbocycles. The predicted molar refractivity (Wildman–Crippen MR) is 47.4 cm³/mol. The number of oxime groups is 1. The van der Waals surface area contributed by atoms with Crippen molar-refractivity contribution in [3.05, 3.63) is 10.1 Å². The summed E-state index contributed by atoms with van der Waals surface area (Å²) in [7, 11) is 0. The quantitative estimate of drug-likeness (QED) is 0.235. The molecule has 0 saturated heterocycles. The summed E-state index contributed by atoms with van der Waals surface area (Å²) in [6.45, 7) is 0. The topological polar surface area (TPSA) is 75.7 Å². The van der Waals surface area contributed by atoms with Crippen molar-refractivity contribution in [2.24, 2.45) is 11.1 Å². The van der Waals surface area contributed by atoms with E-state index >= 15 is 0 Å². The van der Waals surface area contributed by atoms with E-state index in [4.69, 9.17) is 5.21 Å². The normalized spacial score (nSPS) is 20.2. The molecule has 0 bridgehead atoms. The maximum Gasteiger partial charge on any atom is 0.385 e. The van der Waals surface area contributed by atoms with Crippen LogP contribution in [-0.4, -0.2) is 16.0 Å². The van der Waals surface area contributed by atoms with Gasteiger partial charge in [0, 0.05) is 0 Å². The van der Waals surface area contributed by atoms with Crippen LogP contribution in [0.25, 0.3) is 0 Å². The Kier molecular flexibility index (Phi) is 3.67. The molecule has 5 heteroatoms. The van der Waals surface area contributed by atoms with Crippen molar-refractivity contribution in [1.29, 1.82) is 0 Å². The van der Waals surface area contributed by atoms with Gasteiger partial charge in [-0.2, -0.15) is 0 Å². The second kappa shape index (κ2) is 4.79. The molecular formula is C8H14N2O3. The zero-order valence-corrected chi connectivity index (χ0v) is 7.48. The Balaban J connectivity index is 2.41. The first-order valence-electron chi connectivity index (χ1n) is 4.59. The second-order valence-electron chi connectivity index (χ2n) is 3.48. The van der Waals surface area contributed by atoms with Gasteiger partial charge in [-0.3, -0.25) is 0 Å². The lowest BCUT2D eigenvalue weighted by Gasteiger charge is -2.19. The Morgan fingerprint density at radius 3 is 2.54 bits per heavy atom. The first-order valence-corrected chi connectivity index (χ1v) is 4.59. The molecular weight excluding hydrogens is 172 g/mol. The summed E-state index contributed by atoms with van der Waals surface area (Å²) in [5.41, 5.74) is 0. The van der Waals surface area contributed by atoms with E-state index in [2.05, 4.69) is 5.16 Å². The fraction of sp³-hybridized carbons (Fsp3) is 0.875. The number of nitrogens with zero attached hydrogens (tertiary/aromatic N) is 2. The molecule has 1 fully saturated rings. The zero-order chi connectivity index (χ0) is 9.68. The lowest BCUT2D eigenvalue weighted by Crippen LogP contribution is -2.18. The third-order valence-electron chi connectivity index (χ3n) is 2.52. The van der Waals surface area contributed by atoms with Crippen LogP contribution < -0.4 is 0 Å². The fourth-order valence-electron chi connectivity index (χ4n) is 1.80. The molecule has 0 aromatic heterocycles. The van der Waals surface area contributed by atoms with Crippen LogP contribution in [0.1, 0.15) is 38.5 Å². The fourth-order valence-corrected chi connectivity index (χ4v) is 1.80. The molecule has 0 heterocycles. The average molecular weight is 186 g/mol. The summed E-state index contributed by atoms with van der Waals surface area (Å²) in [5.74, 6) is 0.0388. The van der Waals surface area contributed by atoms with Crippen molar-refractivity contribution < 1.29 is 10.1 Å². The Labute approximate surface area is 76.6 Å². The van der Waals surface area contributed by atoms with Crippen LogP contribution in [0.15, 0.2) is 5.16 Å². The van der Waals surface area contributed by atoms with E-state index in [9.17, 15) is 10.1 Å². The van der Waals surface area contributed by atoms with E-state index in [0.717, 1.165) is 25.7 Å². The summed E-state index contributed by atoms with van der Waals surface area (Å²) in [4.78, 5) is 9.72. The van der Waals surface area contributed by atoms with Gasteiger partial charge in [0.2, 0.25) is 0 Å². The Morgan fingerprint density at radius 2 is 2.08 bits per heavy atom. The van der Waals surface area contributed by atoms with Crippen LogP contribution in [0.4, 0.5) is 0 Å². The Hall–Kier alpha value is -1.13. The molecule has 0 atom stereocenters. The van der Waals surface area contributed by atoms with Crippen LogP contribution in [0.3, 0.4) is 0 Å². The van der Waals surface area contributed by atoms with E-state index in [1.807, 2.05) is 0 Å². The first kappa shape index (κ1) is 9.95. The van der Waals surface area contributed by atoms with Gasteiger partial charge in [-0.05, 0) is 23.7 Å². The van der Waals surface area contributed by atoms with Crippen LogP contribution in [-0.2, 0) is 0 Å². The van der Waals surface area contributed by atoms with Gasteiger partial charge in [-0.1, -0.05) is 19.3 Å².